The lowest BCUT2D eigenvalue weighted by Gasteiger charge is -2.33. The van der Waals surface area contributed by atoms with Crippen molar-refractivity contribution < 1.29 is 49.9 Å². The second-order valence-corrected chi connectivity index (χ2v) is 43.6. The van der Waals surface area contributed by atoms with Crippen molar-refractivity contribution >= 4 is 47.4 Å². The van der Waals surface area contributed by atoms with Crippen LogP contribution in [0.5, 0.6) is 0 Å². The lowest BCUT2D eigenvalue weighted by atomic mass is 9.85. The van der Waals surface area contributed by atoms with Crippen LogP contribution in [0.3, 0.4) is 0 Å². The van der Waals surface area contributed by atoms with Gasteiger partial charge in [-0.05, 0) is 260 Å². The minimum atomic E-state index is -2.94. The summed E-state index contributed by atoms with van der Waals surface area (Å²) < 4.78 is 67.2. The van der Waals surface area contributed by atoms with E-state index in [0.29, 0.717) is 108 Å². The molecule has 10 aliphatic rings. The number of sulfonamides is 1. The zero-order chi connectivity index (χ0) is 82.2. The summed E-state index contributed by atoms with van der Waals surface area (Å²) in [5.74, 6) is 16.8. The van der Waals surface area contributed by atoms with E-state index in [1.54, 1.807) is 11.2 Å². The van der Waals surface area contributed by atoms with Gasteiger partial charge in [-0.25, -0.2) is 29.6 Å². The number of aliphatic hydroxyl groups is 2. The first kappa shape index (κ1) is 104. The Hall–Kier alpha value is -2.02. The van der Waals surface area contributed by atoms with Crippen molar-refractivity contribution in [3.63, 3.8) is 0 Å². The third-order valence-corrected chi connectivity index (χ3v) is 30.6. The Morgan fingerprint density at radius 1 is 0.389 bits per heavy atom. The number of nitrogens with two attached hydrogens (primary N) is 1. The number of carbonyl (C=O) groups excluding carboxylic acids is 3. The number of nitrogens with zero attached hydrogens (tertiary/aromatic N) is 4. The molecule has 0 aromatic heterocycles. The molecule has 1 aliphatic carbocycles. The maximum Gasteiger partial charge on any atom is 0.236 e. The van der Waals surface area contributed by atoms with E-state index in [-0.39, 0.29) is 30.6 Å². The molecule has 3 amide bonds. The molecule has 9 aliphatic heterocycles. The highest BCUT2D eigenvalue weighted by molar-refractivity contribution is 7.92. The molecule has 10 rings (SSSR count). The normalized spacial score (nSPS) is 25.0. The van der Waals surface area contributed by atoms with E-state index >= 15 is 0 Å². The Balaban J connectivity index is 0.000000602. The van der Waals surface area contributed by atoms with Crippen LogP contribution in [0.25, 0.3) is 0 Å². The maximum absolute atomic E-state index is 11.4. The summed E-state index contributed by atoms with van der Waals surface area (Å²) in [7, 11) is -8.17. The summed E-state index contributed by atoms with van der Waals surface area (Å²) >= 11 is 0. The molecule has 5 unspecified atom stereocenters. The third kappa shape index (κ3) is 43.6. The fourth-order valence-electron chi connectivity index (χ4n) is 16.6. The van der Waals surface area contributed by atoms with E-state index in [1.165, 1.54) is 96.6 Å². The second-order valence-electron chi connectivity index (χ2n) is 37.2. The highest BCUT2D eigenvalue weighted by Gasteiger charge is 2.36. The standard InChI is InChI=1S/C11H21NO.C10H20N2O.C10H19NO.C9H19NO2S.C8H17NO.2C8H17N.C8H16O2S.C8H16O.C6H12O2S/c1-4-11(13)12-7-5-10(6-8-12)9(2)3;1-8(2)9-3-5-12(6-4-9)10(13)7-11;1-8(2)10-4-6-11(7-5-10)9(3)12;1-8(2)9-4-6-10(7-5-9)13(3,11)12;1-6(2)7-3-4-9-5-8(7)10;1-7(2)8-3-5-9-6-4-8;1-7(2)8-4-3-5-9-6-8;1-7(2)8-3-5-11(9,10)6-4-8;1-6(2)7-4-3-5-8(7)9;1-5(2)6-3-9(7,8)4-6/h9-10H,4-8H2,1-3H3;8-9H,3-7,11H2,1-2H3;8,10H,4-7H2,1-3H3;8-9H,4-7H2,1-3H3;6-10H,3-5H2,1-2H3;2*7-9H,3-6H2,1-2H3;7-8H,3-6H2,1-2H3;6-9H,3-5H2,1-2H3;5-6H,3-4H2,1-2H3. The van der Waals surface area contributed by atoms with Crippen LogP contribution in [-0.2, 0) is 44.1 Å². The van der Waals surface area contributed by atoms with Crippen LogP contribution in [0.2, 0.25) is 0 Å². The molecule has 5 atom stereocenters. The molecular formula is C86H174N8O11S3. The molecular weight excluding hydrogens is 1420 g/mol. The lowest BCUT2D eigenvalue weighted by Crippen LogP contribution is -2.42. The summed E-state index contributed by atoms with van der Waals surface area (Å²) in [6.45, 7) is 62.3. The number of hydrogen-bond acceptors (Lipinski definition) is 15. The van der Waals surface area contributed by atoms with Gasteiger partial charge in [0.25, 0.3) is 0 Å². The van der Waals surface area contributed by atoms with Gasteiger partial charge in [0, 0.05) is 72.2 Å². The van der Waals surface area contributed by atoms with E-state index in [9.17, 15) is 49.9 Å². The van der Waals surface area contributed by atoms with Crippen molar-refractivity contribution in [3.8, 4) is 0 Å². The van der Waals surface area contributed by atoms with Gasteiger partial charge in [-0.2, -0.15) is 0 Å². The monoisotopic (exact) mass is 1590 g/mol. The number of β-amino-alcohol motifs (C(OH)–C–C–N with tert-alkyl or cyclic N) is 1. The Labute approximate surface area is 666 Å². The topological polar surface area (TPSA) is 269 Å². The first-order valence-electron chi connectivity index (χ1n) is 43.7. The number of carbonyl (C=O) groups is 3. The first-order valence-corrected chi connectivity index (χ1v) is 49.2. The van der Waals surface area contributed by atoms with Crippen molar-refractivity contribution in [2.45, 2.75) is 287 Å². The minimum absolute atomic E-state index is 0.00463. The van der Waals surface area contributed by atoms with Gasteiger partial charge in [0.15, 0.2) is 9.84 Å². The zero-order valence-electron chi connectivity index (χ0n) is 73.7. The average molecular weight is 1590 g/mol. The molecule has 9 heterocycles. The van der Waals surface area contributed by atoms with Crippen LogP contribution in [0.4, 0.5) is 0 Å². The molecule has 22 heteroatoms. The quantitative estimate of drug-likeness (QED) is 0.100. The fraction of sp³-hybridized carbons (Fsp3) is 0.965. The van der Waals surface area contributed by atoms with Gasteiger partial charge < -0.3 is 46.6 Å². The first-order chi connectivity index (χ1) is 50.4. The van der Waals surface area contributed by atoms with Crippen molar-refractivity contribution in [1.82, 2.24) is 35.0 Å². The molecule has 7 N–H and O–H groups in total. The van der Waals surface area contributed by atoms with Gasteiger partial charge >= 0.3 is 0 Å². The Morgan fingerprint density at radius 3 is 1.01 bits per heavy atom. The number of hydrogen-bond donors (Lipinski definition) is 6. The third-order valence-electron chi connectivity index (χ3n) is 25.8. The predicted octanol–water partition coefficient (Wildman–Crippen LogP) is 14.2. The van der Waals surface area contributed by atoms with E-state index in [4.69, 9.17) is 5.73 Å². The molecule has 9 saturated heterocycles. The van der Waals surface area contributed by atoms with Crippen molar-refractivity contribution in [2.24, 2.45) is 124 Å². The molecule has 0 radical (unpaired) electrons. The van der Waals surface area contributed by atoms with E-state index in [1.807, 2.05) is 21.6 Å². The van der Waals surface area contributed by atoms with Crippen molar-refractivity contribution in [1.29, 1.82) is 0 Å². The minimum Gasteiger partial charge on any atom is -0.393 e. The van der Waals surface area contributed by atoms with Crippen molar-refractivity contribution in [2.75, 3.05) is 127 Å². The molecule has 0 spiro atoms. The van der Waals surface area contributed by atoms with Gasteiger partial charge in [-0.3, -0.25) is 14.4 Å². The average Bonchev–Trinajstić information content (AvgIpc) is 1.94. The fourth-order valence-corrected chi connectivity index (χ4v) is 21.0. The van der Waals surface area contributed by atoms with Crippen LogP contribution < -0.4 is 21.7 Å². The Morgan fingerprint density at radius 2 is 0.741 bits per heavy atom. The van der Waals surface area contributed by atoms with Crippen LogP contribution in [0.1, 0.15) is 274 Å². The largest absolute Gasteiger partial charge is 0.393 e. The number of amides is 3. The van der Waals surface area contributed by atoms with Crippen LogP contribution in [-0.4, -0.2) is 212 Å². The van der Waals surface area contributed by atoms with Crippen LogP contribution in [0.15, 0.2) is 0 Å². The zero-order valence-corrected chi connectivity index (χ0v) is 76.2. The summed E-state index contributed by atoms with van der Waals surface area (Å²) in [4.78, 5) is 39.5. The predicted molar refractivity (Wildman–Crippen MR) is 455 cm³/mol. The lowest BCUT2D eigenvalue weighted by molar-refractivity contribution is -0.132. The SMILES string of the molecule is CC(=O)N1CCC(C(C)C)CC1.CC(C)C1CCCC1O.CC(C)C1CCCNC1.CC(C)C1CCN(C(=O)CN)CC1.CC(C)C1CCN(S(C)(=O)=O)CC1.CC(C)C1CCNCC1.CC(C)C1CCNCC1O.CC(C)C1CCS(=O)(=O)CC1.CC(C)C1CS(=O)(=O)C1.CCC(=O)N1CCC(C(C)C)CC1. The van der Waals surface area contributed by atoms with Gasteiger partial charge in [-0.15, -0.1) is 0 Å². The number of likely N-dealkylation sites (tertiary alicyclic amines) is 3. The van der Waals surface area contributed by atoms with Crippen LogP contribution >= 0.6 is 0 Å². The number of sulfone groups is 2. The highest BCUT2D eigenvalue weighted by Crippen LogP contribution is 2.33. The van der Waals surface area contributed by atoms with E-state index in [0.717, 1.165) is 163 Å². The molecule has 0 bridgehead atoms. The summed E-state index contributed by atoms with van der Waals surface area (Å²) in [6.07, 6.45) is 22.9. The van der Waals surface area contributed by atoms with Gasteiger partial charge in [0.2, 0.25) is 27.7 Å². The van der Waals surface area contributed by atoms with E-state index < -0.39 is 29.7 Å². The molecule has 0 aromatic carbocycles. The molecule has 0 aromatic rings. The van der Waals surface area contributed by atoms with Gasteiger partial charge in [-0.1, -0.05) is 152 Å². The van der Waals surface area contributed by atoms with E-state index in [2.05, 4.69) is 154 Å². The highest BCUT2D eigenvalue weighted by atomic mass is 32.2. The number of rotatable bonds is 13. The molecule has 10 fully saturated rings. The molecule has 1 saturated carbocycles. The molecule has 108 heavy (non-hydrogen) atoms. The number of aliphatic hydroxyl groups excluding tert-OH is 2. The Kier molecular flexibility index (Phi) is 52.7. The van der Waals surface area contributed by atoms with Gasteiger partial charge in [0.1, 0.15) is 9.84 Å². The van der Waals surface area contributed by atoms with Crippen molar-refractivity contribution in [3.05, 3.63) is 0 Å². The summed E-state index contributed by atoms with van der Waals surface area (Å²) in [6, 6.07) is 0. The number of piperidine rings is 7. The number of nitrogens with one attached hydrogen (secondary N) is 3. The molecule has 19 nitrogen and oxygen atoms in total. The smallest absolute Gasteiger partial charge is 0.236 e. The maximum atomic E-state index is 11.4. The summed E-state index contributed by atoms with van der Waals surface area (Å²) in [5, 5.41) is 28.8. The summed E-state index contributed by atoms with van der Waals surface area (Å²) in [5.41, 5.74) is 5.31. The van der Waals surface area contributed by atoms with Gasteiger partial charge in [0.05, 0.1) is 48.0 Å². The Bertz CT molecular complexity index is 2600. The second kappa shape index (κ2) is 54.8. The molecule has 642 valence electrons. The van der Waals surface area contributed by atoms with Crippen LogP contribution in [0, 0.1) is 118 Å².